The van der Waals surface area contributed by atoms with Crippen molar-refractivity contribution in [1.29, 1.82) is 0 Å². The van der Waals surface area contributed by atoms with E-state index in [-0.39, 0.29) is 17.6 Å². The number of likely N-dealkylation sites (N-methyl/N-ethyl adjacent to an activating group) is 1. The van der Waals surface area contributed by atoms with Gasteiger partial charge in [-0.25, -0.2) is 4.39 Å². The maximum absolute atomic E-state index is 13.8. The van der Waals surface area contributed by atoms with Gasteiger partial charge in [-0.1, -0.05) is 49.8 Å². The summed E-state index contributed by atoms with van der Waals surface area (Å²) in [5.74, 6) is -0.135. The molecule has 0 radical (unpaired) electrons. The first-order valence-electron chi connectivity index (χ1n) is 12.2. The molecule has 5 nitrogen and oxygen atoms in total. The average molecular weight is 452 g/mol. The first-order valence-corrected chi connectivity index (χ1v) is 12.2. The lowest BCUT2D eigenvalue weighted by molar-refractivity contribution is -0.134. The normalized spacial score (nSPS) is 16.9. The van der Waals surface area contributed by atoms with E-state index in [4.69, 9.17) is 0 Å². The Morgan fingerprint density at radius 3 is 2.67 bits per heavy atom. The molecule has 2 aromatic rings. The lowest BCUT2D eigenvalue weighted by Crippen LogP contribution is -2.55. The van der Waals surface area contributed by atoms with Gasteiger partial charge in [-0.2, -0.15) is 0 Å². The Hall–Kier alpha value is -2.89. The predicted molar refractivity (Wildman–Crippen MR) is 128 cm³/mol. The Morgan fingerprint density at radius 2 is 1.94 bits per heavy atom. The minimum Gasteiger partial charge on any atom is -0.340 e. The SMILES string of the molecule is CCN(C(=O)C(CC1CCCCC1)NC(=O)c1cccc(C)c1)N1CCc2cc(F)ccc21. The molecule has 1 atom stereocenters. The molecule has 2 aliphatic rings. The second-order valence-electron chi connectivity index (χ2n) is 9.34. The van der Waals surface area contributed by atoms with Gasteiger partial charge in [-0.3, -0.25) is 19.6 Å². The molecule has 1 aliphatic carbocycles. The molecule has 1 fully saturated rings. The van der Waals surface area contributed by atoms with Crippen molar-refractivity contribution in [2.24, 2.45) is 5.92 Å². The number of amides is 2. The van der Waals surface area contributed by atoms with Crippen LogP contribution in [0.4, 0.5) is 10.1 Å². The number of hydrogen-bond acceptors (Lipinski definition) is 3. The number of nitrogens with zero attached hydrogens (tertiary/aromatic N) is 2. The second kappa shape index (κ2) is 10.4. The van der Waals surface area contributed by atoms with Crippen LogP contribution in [0.3, 0.4) is 0 Å². The lowest BCUT2D eigenvalue weighted by atomic mass is 9.84. The van der Waals surface area contributed by atoms with E-state index in [0.29, 0.717) is 37.4 Å². The van der Waals surface area contributed by atoms with Crippen LogP contribution in [0.15, 0.2) is 42.5 Å². The van der Waals surface area contributed by atoms with Crippen LogP contribution in [0.5, 0.6) is 0 Å². The number of halogens is 1. The van der Waals surface area contributed by atoms with Crippen LogP contribution < -0.4 is 10.3 Å². The van der Waals surface area contributed by atoms with Gasteiger partial charge in [0.2, 0.25) is 0 Å². The van der Waals surface area contributed by atoms with Gasteiger partial charge >= 0.3 is 0 Å². The van der Waals surface area contributed by atoms with E-state index in [1.165, 1.54) is 25.3 Å². The van der Waals surface area contributed by atoms with E-state index < -0.39 is 6.04 Å². The lowest BCUT2D eigenvalue weighted by Gasteiger charge is -2.37. The van der Waals surface area contributed by atoms with Crippen molar-refractivity contribution in [2.75, 3.05) is 18.1 Å². The maximum Gasteiger partial charge on any atom is 0.263 e. The fraction of sp³-hybridized carbons (Fsp3) is 0.481. The summed E-state index contributed by atoms with van der Waals surface area (Å²) < 4.78 is 13.7. The molecule has 0 saturated heterocycles. The van der Waals surface area contributed by atoms with E-state index in [9.17, 15) is 14.0 Å². The van der Waals surface area contributed by atoms with Crippen molar-refractivity contribution in [3.63, 3.8) is 0 Å². The van der Waals surface area contributed by atoms with E-state index in [0.717, 1.165) is 29.7 Å². The number of carbonyl (C=O) groups excluding carboxylic acids is 2. The molecule has 1 heterocycles. The van der Waals surface area contributed by atoms with E-state index in [2.05, 4.69) is 5.32 Å². The fourth-order valence-corrected chi connectivity index (χ4v) is 5.23. The minimum atomic E-state index is -0.592. The van der Waals surface area contributed by atoms with Crippen LogP contribution in [0, 0.1) is 18.7 Å². The van der Waals surface area contributed by atoms with Crippen LogP contribution in [-0.4, -0.2) is 36.0 Å². The molecule has 4 rings (SSSR count). The fourth-order valence-electron chi connectivity index (χ4n) is 5.23. The molecule has 33 heavy (non-hydrogen) atoms. The Kier molecular flexibility index (Phi) is 7.31. The smallest absolute Gasteiger partial charge is 0.263 e. The number of anilines is 1. The highest BCUT2D eigenvalue weighted by atomic mass is 19.1. The van der Waals surface area contributed by atoms with E-state index >= 15 is 0 Å². The summed E-state index contributed by atoms with van der Waals surface area (Å²) in [6, 6.07) is 11.6. The number of hydrogen-bond donors (Lipinski definition) is 1. The quantitative estimate of drug-likeness (QED) is 0.642. The zero-order chi connectivity index (χ0) is 23.4. The summed E-state index contributed by atoms with van der Waals surface area (Å²) in [5.41, 5.74) is 3.36. The van der Waals surface area contributed by atoms with Gasteiger partial charge in [0, 0.05) is 18.7 Å². The molecule has 1 saturated carbocycles. The Balaban J connectivity index is 1.56. The van der Waals surface area contributed by atoms with Crippen molar-refractivity contribution in [3.05, 3.63) is 65.0 Å². The van der Waals surface area contributed by atoms with Crippen LogP contribution in [0.1, 0.15) is 66.9 Å². The topological polar surface area (TPSA) is 52.7 Å². The summed E-state index contributed by atoms with van der Waals surface area (Å²) in [6.07, 6.45) is 7.15. The molecule has 1 unspecified atom stereocenters. The molecular formula is C27H34FN3O2. The zero-order valence-electron chi connectivity index (χ0n) is 19.6. The molecule has 6 heteroatoms. The minimum absolute atomic E-state index is 0.0961. The van der Waals surface area contributed by atoms with Gasteiger partial charge < -0.3 is 5.32 Å². The number of fused-ring (bicyclic) bond motifs is 1. The van der Waals surface area contributed by atoms with Crippen LogP contribution in [0.25, 0.3) is 0 Å². The third-order valence-electron chi connectivity index (χ3n) is 6.94. The summed E-state index contributed by atoms with van der Waals surface area (Å²) in [7, 11) is 0. The summed E-state index contributed by atoms with van der Waals surface area (Å²) >= 11 is 0. The zero-order valence-corrected chi connectivity index (χ0v) is 19.6. The van der Waals surface area contributed by atoms with Gasteiger partial charge in [0.05, 0.1) is 5.69 Å². The molecule has 2 aromatic carbocycles. The summed E-state index contributed by atoms with van der Waals surface area (Å²) in [5, 5.41) is 6.74. The van der Waals surface area contributed by atoms with Crippen molar-refractivity contribution >= 4 is 17.5 Å². The van der Waals surface area contributed by atoms with Gasteiger partial charge in [-0.05, 0) is 68.5 Å². The van der Waals surface area contributed by atoms with Gasteiger partial charge in [-0.15, -0.1) is 0 Å². The second-order valence-corrected chi connectivity index (χ2v) is 9.34. The number of rotatable bonds is 7. The number of hydrazine groups is 1. The Labute approximate surface area is 195 Å². The highest BCUT2D eigenvalue weighted by Gasteiger charge is 2.34. The highest BCUT2D eigenvalue weighted by molar-refractivity contribution is 5.98. The molecule has 2 amide bonds. The van der Waals surface area contributed by atoms with Crippen LogP contribution >= 0.6 is 0 Å². The maximum atomic E-state index is 13.8. The van der Waals surface area contributed by atoms with Crippen molar-refractivity contribution in [2.45, 2.75) is 64.8 Å². The van der Waals surface area contributed by atoms with Gasteiger partial charge in [0.1, 0.15) is 11.9 Å². The monoisotopic (exact) mass is 451 g/mol. The predicted octanol–water partition coefficient (Wildman–Crippen LogP) is 5.03. The Bertz CT molecular complexity index is 1000. The third-order valence-corrected chi connectivity index (χ3v) is 6.94. The standard InChI is InChI=1S/C27H34FN3O2/c1-3-30(31-15-14-21-18-23(28)12-13-25(21)31)27(33)24(17-20-9-5-4-6-10-20)29-26(32)22-11-7-8-19(2)16-22/h7-8,11-13,16,18,20,24H,3-6,9-10,14-15,17H2,1-2H3,(H,29,32). The van der Waals surface area contributed by atoms with Crippen LogP contribution in [0.2, 0.25) is 0 Å². The average Bonchev–Trinajstić information content (AvgIpc) is 3.22. The van der Waals surface area contributed by atoms with Crippen molar-refractivity contribution < 1.29 is 14.0 Å². The first kappa shape index (κ1) is 23.3. The molecular weight excluding hydrogens is 417 g/mol. The van der Waals surface area contributed by atoms with Gasteiger partial charge in [0.15, 0.2) is 0 Å². The molecule has 1 N–H and O–H groups in total. The highest BCUT2D eigenvalue weighted by Crippen LogP contribution is 2.32. The first-order chi connectivity index (χ1) is 16.0. The molecule has 0 aromatic heterocycles. The van der Waals surface area contributed by atoms with E-state index in [1.54, 1.807) is 23.2 Å². The summed E-state index contributed by atoms with van der Waals surface area (Å²) in [4.78, 5) is 26.9. The molecule has 0 bridgehead atoms. The third kappa shape index (κ3) is 5.37. The van der Waals surface area contributed by atoms with E-state index in [1.807, 2.05) is 37.1 Å². The Morgan fingerprint density at radius 1 is 1.15 bits per heavy atom. The summed E-state index contributed by atoms with van der Waals surface area (Å²) in [6.45, 7) is 5.00. The molecule has 0 spiro atoms. The van der Waals surface area contributed by atoms with Crippen LogP contribution in [-0.2, 0) is 11.2 Å². The van der Waals surface area contributed by atoms with Gasteiger partial charge in [0.25, 0.3) is 11.8 Å². The van der Waals surface area contributed by atoms with Crippen molar-refractivity contribution in [3.8, 4) is 0 Å². The number of benzene rings is 2. The number of carbonyl (C=O) groups is 2. The van der Waals surface area contributed by atoms with Crippen molar-refractivity contribution in [1.82, 2.24) is 10.3 Å². The number of aryl methyl sites for hydroxylation is 1. The molecule has 176 valence electrons. The number of nitrogens with one attached hydrogen (secondary N) is 1. The molecule has 1 aliphatic heterocycles. The largest absolute Gasteiger partial charge is 0.340 e.